The summed E-state index contributed by atoms with van der Waals surface area (Å²) in [5.74, 6) is 0.0916. The standard InChI is InChI=1S/C17H18N2O6S/c1-17(2,3)18-26(23,24)14-7-8-16(15(10-14)19(21)22)25-13-6-4-5-12(9-13)11-20/h4-11,18H,1-3H3. The van der Waals surface area contributed by atoms with E-state index in [4.69, 9.17) is 4.74 Å². The maximum Gasteiger partial charge on any atom is 0.312 e. The van der Waals surface area contributed by atoms with Crippen LogP contribution < -0.4 is 9.46 Å². The summed E-state index contributed by atoms with van der Waals surface area (Å²) in [5.41, 5.74) is -0.894. The number of sulfonamides is 1. The van der Waals surface area contributed by atoms with E-state index in [9.17, 15) is 23.3 Å². The lowest BCUT2D eigenvalue weighted by Crippen LogP contribution is -2.40. The Labute approximate surface area is 151 Å². The van der Waals surface area contributed by atoms with Gasteiger partial charge in [0.1, 0.15) is 12.0 Å². The maximum absolute atomic E-state index is 12.4. The summed E-state index contributed by atoms with van der Waals surface area (Å²) in [6.07, 6.45) is 0.620. The van der Waals surface area contributed by atoms with Gasteiger partial charge in [-0.2, -0.15) is 0 Å². The molecule has 8 nitrogen and oxygen atoms in total. The smallest absolute Gasteiger partial charge is 0.312 e. The molecule has 0 unspecified atom stereocenters. The zero-order valence-corrected chi connectivity index (χ0v) is 15.2. The molecule has 2 aromatic rings. The maximum atomic E-state index is 12.4. The van der Waals surface area contributed by atoms with E-state index in [2.05, 4.69) is 4.72 Å². The molecule has 0 saturated heterocycles. The molecule has 0 atom stereocenters. The number of ether oxygens (including phenoxy) is 1. The lowest BCUT2D eigenvalue weighted by atomic mass is 10.1. The monoisotopic (exact) mass is 378 g/mol. The molecule has 0 aliphatic heterocycles. The highest BCUT2D eigenvalue weighted by Crippen LogP contribution is 2.33. The first-order valence-corrected chi connectivity index (χ1v) is 9.06. The van der Waals surface area contributed by atoms with Crippen molar-refractivity contribution in [2.75, 3.05) is 0 Å². The molecule has 2 aromatic carbocycles. The van der Waals surface area contributed by atoms with Gasteiger partial charge >= 0.3 is 5.69 Å². The molecule has 0 amide bonds. The Balaban J connectivity index is 2.43. The van der Waals surface area contributed by atoms with Gasteiger partial charge in [0.15, 0.2) is 0 Å². The highest BCUT2D eigenvalue weighted by Gasteiger charge is 2.26. The molecule has 0 radical (unpaired) electrons. The molecule has 2 rings (SSSR count). The van der Waals surface area contributed by atoms with Crippen molar-refractivity contribution in [1.29, 1.82) is 0 Å². The van der Waals surface area contributed by atoms with Crippen molar-refractivity contribution in [2.45, 2.75) is 31.2 Å². The Kier molecular flexibility index (Phi) is 5.43. The van der Waals surface area contributed by atoms with E-state index < -0.39 is 26.2 Å². The van der Waals surface area contributed by atoms with Gasteiger partial charge in [-0.15, -0.1) is 0 Å². The fourth-order valence-corrected chi connectivity index (χ4v) is 3.57. The van der Waals surface area contributed by atoms with Gasteiger partial charge < -0.3 is 4.74 Å². The van der Waals surface area contributed by atoms with Crippen molar-refractivity contribution in [3.63, 3.8) is 0 Å². The van der Waals surface area contributed by atoms with Crippen molar-refractivity contribution < 1.29 is 22.9 Å². The summed E-state index contributed by atoms with van der Waals surface area (Å²) in [5, 5.41) is 11.4. The van der Waals surface area contributed by atoms with E-state index >= 15 is 0 Å². The second-order valence-electron chi connectivity index (χ2n) is 6.53. The van der Waals surface area contributed by atoms with Gasteiger partial charge in [-0.05, 0) is 45.0 Å². The van der Waals surface area contributed by atoms with Gasteiger partial charge in [-0.25, -0.2) is 13.1 Å². The topological polar surface area (TPSA) is 116 Å². The molecule has 1 N–H and O–H groups in total. The molecular weight excluding hydrogens is 360 g/mol. The summed E-state index contributed by atoms with van der Waals surface area (Å²) in [4.78, 5) is 21.2. The average molecular weight is 378 g/mol. The minimum Gasteiger partial charge on any atom is -0.450 e. The van der Waals surface area contributed by atoms with Crippen LogP contribution in [-0.4, -0.2) is 25.2 Å². The number of rotatable bonds is 6. The fraction of sp³-hybridized carbons (Fsp3) is 0.235. The minimum atomic E-state index is -3.93. The first-order chi connectivity index (χ1) is 12.0. The molecule has 0 bridgehead atoms. The van der Waals surface area contributed by atoms with E-state index in [1.54, 1.807) is 32.9 Å². The molecule has 0 saturated carbocycles. The van der Waals surface area contributed by atoms with E-state index in [0.717, 1.165) is 6.07 Å². The minimum absolute atomic E-state index is 0.132. The van der Waals surface area contributed by atoms with Gasteiger partial charge in [0, 0.05) is 17.2 Å². The van der Waals surface area contributed by atoms with Gasteiger partial charge in [0.2, 0.25) is 15.8 Å². The molecule has 0 fully saturated rings. The average Bonchev–Trinajstić information content (AvgIpc) is 2.52. The number of nitrogens with zero attached hydrogens (tertiary/aromatic N) is 1. The Morgan fingerprint density at radius 2 is 1.85 bits per heavy atom. The van der Waals surface area contributed by atoms with Crippen LogP contribution in [0.2, 0.25) is 0 Å². The number of hydrogen-bond acceptors (Lipinski definition) is 6. The lowest BCUT2D eigenvalue weighted by molar-refractivity contribution is -0.385. The predicted molar refractivity (Wildman–Crippen MR) is 95.1 cm³/mol. The number of aldehydes is 1. The summed E-state index contributed by atoms with van der Waals surface area (Å²) < 4.78 is 32.6. The van der Waals surface area contributed by atoms with Gasteiger partial charge in [0.25, 0.3) is 0 Å². The summed E-state index contributed by atoms with van der Waals surface area (Å²) >= 11 is 0. The van der Waals surface area contributed by atoms with Crippen LogP contribution in [-0.2, 0) is 10.0 Å². The molecule has 138 valence electrons. The fourth-order valence-electron chi connectivity index (χ4n) is 2.13. The van der Waals surface area contributed by atoms with Crippen molar-refractivity contribution in [3.05, 3.63) is 58.1 Å². The normalized spacial score (nSPS) is 11.8. The van der Waals surface area contributed by atoms with Crippen LogP contribution in [0.4, 0.5) is 5.69 Å². The van der Waals surface area contributed by atoms with Crippen LogP contribution in [0, 0.1) is 10.1 Å². The number of hydrogen-bond donors (Lipinski definition) is 1. The zero-order chi connectivity index (χ0) is 19.5. The van der Waals surface area contributed by atoms with Crippen molar-refractivity contribution in [2.24, 2.45) is 0 Å². The molecule has 0 aliphatic rings. The summed E-state index contributed by atoms with van der Waals surface area (Å²) in [6, 6.07) is 9.44. The molecular formula is C17H18N2O6S. The molecule has 0 aliphatic carbocycles. The Morgan fingerprint density at radius 1 is 1.15 bits per heavy atom. The van der Waals surface area contributed by atoms with Gasteiger partial charge in [0.05, 0.1) is 9.82 Å². The van der Waals surface area contributed by atoms with E-state index in [0.29, 0.717) is 11.8 Å². The third-order valence-corrected chi connectivity index (χ3v) is 4.86. The Morgan fingerprint density at radius 3 is 2.42 bits per heavy atom. The third-order valence-electron chi connectivity index (χ3n) is 3.10. The third kappa shape index (κ3) is 4.87. The van der Waals surface area contributed by atoms with E-state index in [1.807, 2.05) is 0 Å². The molecule has 9 heteroatoms. The van der Waals surface area contributed by atoms with Crippen molar-refractivity contribution in [1.82, 2.24) is 4.72 Å². The molecule has 26 heavy (non-hydrogen) atoms. The predicted octanol–water partition coefficient (Wildman–Crippen LogP) is 3.28. The van der Waals surface area contributed by atoms with Crippen LogP contribution in [0.3, 0.4) is 0 Å². The van der Waals surface area contributed by atoms with Crippen LogP contribution in [0.25, 0.3) is 0 Å². The molecule has 0 heterocycles. The zero-order valence-electron chi connectivity index (χ0n) is 14.4. The van der Waals surface area contributed by atoms with Gasteiger partial charge in [-0.3, -0.25) is 14.9 Å². The number of nitro benzene ring substituents is 1. The lowest BCUT2D eigenvalue weighted by Gasteiger charge is -2.20. The van der Waals surface area contributed by atoms with Crippen LogP contribution in [0.5, 0.6) is 11.5 Å². The second kappa shape index (κ2) is 7.22. The Bertz CT molecular complexity index is 948. The summed E-state index contributed by atoms with van der Waals surface area (Å²) in [7, 11) is -3.93. The highest BCUT2D eigenvalue weighted by atomic mass is 32.2. The highest BCUT2D eigenvalue weighted by molar-refractivity contribution is 7.89. The largest absolute Gasteiger partial charge is 0.450 e. The summed E-state index contributed by atoms with van der Waals surface area (Å²) in [6.45, 7) is 4.99. The number of nitrogens with one attached hydrogen (secondary N) is 1. The number of nitro groups is 1. The first-order valence-electron chi connectivity index (χ1n) is 7.57. The molecule has 0 spiro atoms. The van der Waals surface area contributed by atoms with Crippen molar-refractivity contribution in [3.8, 4) is 11.5 Å². The van der Waals surface area contributed by atoms with Crippen LogP contribution >= 0.6 is 0 Å². The van der Waals surface area contributed by atoms with Gasteiger partial charge in [-0.1, -0.05) is 12.1 Å². The number of carbonyl (C=O) groups excluding carboxylic acids is 1. The Hall–Kier alpha value is -2.78. The van der Waals surface area contributed by atoms with Crippen molar-refractivity contribution >= 4 is 22.0 Å². The first kappa shape index (κ1) is 19.5. The van der Waals surface area contributed by atoms with Crippen LogP contribution in [0.15, 0.2) is 47.4 Å². The number of carbonyl (C=O) groups is 1. The molecule has 0 aromatic heterocycles. The SMILES string of the molecule is CC(C)(C)NS(=O)(=O)c1ccc(Oc2cccc(C=O)c2)c([N+](=O)[O-])c1. The quantitative estimate of drug-likeness (QED) is 0.468. The number of benzene rings is 2. The van der Waals surface area contributed by atoms with E-state index in [1.165, 1.54) is 24.3 Å². The van der Waals surface area contributed by atoms with Crippen LogP contribution in [0.1, 0.15) is 31.1 Å². The van der Waals surface area contributed by atoms with E-state index in [-0.39, 0.29) is 16.4 Å². The second-order valence-corrected chi connectivity index (χ2v) is 8.22.